The van der Waals surface area contributed by atoms with Gasteiger partial charge in [-0.15, -0.1) is 11.8 Å². The Morgan fingerprint density at radius 1 is 1.04 bits per heavy atom. The fourth-order valence-corrected chi connectivity index (χ4v) is 7.16. The molecule has 0 aromatic heterocycles. The molecule has 5 rings (SSSR count). The number of hydrogen-bond acceptors (Lipinski definition) is 9. The fraction of sp³-hybridized carbons (Fsp3) is 0.361. The summed E-state index contributed by atoms with van der Waals surface area (Å²) < 4.78 is 16.8. The first-order valence-electron chi connectivity index (χ1n) is 15.5. The number of fused-ring (bicyclic) bond motifs is 3. The van der Waals surface area contributed by atoms with Crippen LogP contribution in [-0.2, 0) is 23.9 Å². The molecule has 0 saturated carbocycles. The highest BCUT2D eigenvalue weighted by Gasteiger charge is 2.49. The van der Waals surface area contributed by atoms with Crippen LogP contribution in [0.25, 0.3) is 10.8 Å². The molecule has 0 spiro atoms. The van der Waals surface area contributed by atoms with Gasteiger partial charge in [0.2, 0.25) is 18.2 Å². The van der Waals surface area contributed by atoms with Gasteiger partial charge in [-0.05, 0) is 53.9 Å². The van der Waals surface area contributed by atoms with Crippen molar-refractivity contribution in [1.82, 2.24) is 10.2 Å². The van der Waals surface area contributed by atoms with Gasteiger partial charge in [-0.1, -0.05) is 49.4 Å². The first-order chi connectivity index (χ1) is 22.7. The van der Waals surface area contributed by atoms with E-state index in [-0.39, 0.29) is 37.5 Å². The number of thioether (sulfide) groups is 1. The van der Waals surface area contributed by atoms with Crippen LogP contribution < -0.4 is 10.1 Å². The Labute approximate surface area is 277 Å². The standard InChI is InChI=1S/C36H38N2O8S/c1-21-7-5-9-30(28(21)18-39)45-19-25(38(20-40)35(42)34-23(3)29-11-12-31(34)46-29)17-37-33(41)13-14-47-32-10-6-8-24-15-22(2)26(16-27(24)32)36(43)44-4/h5-12,15-16,18,20,23,25,29,31,34H,13-14,17,19H2,1-4H3,(H,37,41). The Kier molecular flexibility index (Phi) is 10.8. The van der Waals surface area contributed by atoms with Crippen LogP contribution >= 0.6 is 11.8 Å². The molecule has 5 unspecified atom stereocenters. The average Bonchev–Trinajstić information content (AvgIpc) is 3.67. The number of carbonyl (C=O) groups excluding carboxylic acids is 5. The molecule has 246 valence electrons. The molecule has 47 heavy (non-hydrogen) atoms. The minimum Gasteiger partial charge on any atom is -0.491 e. The zero-order valence-electron chi connectivity index (χ0n) is 26.8. The van der Waals surface area contributed by atoms with Gasteiger partial charge in [0.15, 0.2) is 6.29 Å². The van der Waals surface area contributed by atoms with E-state index in [2.05, 4.69) is 5.32 Å². The SMILES string of the molecule is COC(=O)c1cc2c(SCCC(=O)NCC(COc3cccc(C)c3C=O)N(C=O)C(=O)C3C4C=CC(O4)C3C)cccc2cc1C. The summed E-state index contributed by atoms with van der Waals surface area (Å²) in [5.74, 6) is -0.968. The lowest BCUT2D eigenvalue weighted by atomic mass is 9.83. The minimum absolute atomic E-state index is 0.0435. The number of benzene rings is 3. The number of rotatable bonds is 14. The highest BCUT2D eigenvalue weighted by atomic mass is 32.2. The van der Waals surface area contributed by atoms with E-state index in [1.807, 2.05) is 56.3 Å². The van der Waals surface area contributed by atoms with Gasteiger partial charge in [-0.25, -0.2) is 4.79 Å². The van der Waals surface area contributed by atoms with Crippen molar-refractivity contribution >= 4 is 53.0 Å². The Morgan fingerprint density at radius 3 is 2.51 bits per heavy atom. The molecular formula is C36H38N2O8S. The average molecular weight is 659 g/mol. The summed E-state index contributed by atoms with van der Waals surface area (Å²) >= 11 is 1.49. The van der Waals surface area contributed by atoms with Crippen LogP contribution in [0.15, 0.2) is 65.6 Å². The lowest BCUT2D eigenvalue weighted by Gasteiger charge is -2.31. The van der Waals surface area contributed by atoms with E-state index in [9.17, 15) is 24.0 Å². The van der Waals surface area contributed by atoms with Gasteiger partial charge in [-0.2, -0.15) is 0 Å². The molecule has 11 heteroatoms. The molecule has 10 nitrogen and oxygen atoms in total. The van der Waals surface area contributed by atoms with Crippen LogP contribution in [0.2, 0.25) is 0 Å². The van der Waals surface area contributed by atoms with Crippen molar-refractivity contribution in [3.63, 3.8) is 0 Å². The number of esters is 1. The smallest absolute Gasteiger partial charge is 0.338 e. The highest BCUT2D eigenvalue weighted by molar-refractivity contribution is 7.99. The largest absolute Gasteiger partial charge is 0.491 e. The second-order valence-electron chi connectivity index (χ2n) is 11.8. The molecule has 1 saturated heterocycles. The van der Waals surface area contributed by atoms with Crippen LogP contribution in [0.5, 0.6) is 5.75 Å². The number of ether oxygens (including phenoxy) is 3. The summed E-state index contributed by atoms with van der Waals surface area (Å²) in [6.07, 6.45) is 4.51. The van der Waals surface area contributed by atoms with Crippen molar-refractivity contribution in [2.45, 2.75) is 50.3 Å². The lowest BCUT2D eigenvalue weighted by Crippen LogP contribution is -2.52. The van der Waals surface area contributed by atoms with Crippen LogP contribution in [0.3, 0.4) is 0 Å². The highest BCUT2D eigenvalue weighted by Crippen LogP contribution is 2.40. The molecule has 3 aromatic carbocycles. The second-order valence-corrected chi connectivity index (χ2v) is 12.9. The number of imide groups is 1. The van der Waals surface area contributed by atoms with Crippen molar-refractivity contribution in [1.29, 1.82) is 0 Å². The van der Waals surface area contributed by atoms with Gasteiger partial charge in [0.1, 0.15) is 12.4 Å². The Morgan fingerprint density at radius 2 is 1.81 bits per heavy atom. The molecule has 0 radical (unpaired) electrons. The number of amides is 3. The van der Waals surface area contributed by atoms with Crippen LogP contribution in [0.4, 0.5) is 0 Å². The number of aryl methyl sites for hydroxylation is 2. The zero-order chi connectivity index (χ0) is 33.7. The maximum Gasteiger partial charge on any atom is 0.338 e. The maximum atomic E-state index is 13.7. The summed E-state index contributed by atoms with van der Waals surface area (Å²) in [7, 11) is 1.35. The van der Waals surface area contributed by atoms with Gasteiger partial charge < -0.3 is 19.5 Å². The van der Waals surface area contributed by atoms with E-state index in [1.165, 1.54) is 18.9 Å². The number of carbonyl (C=O) groups is 5. The summed E-state index contributed by atoms with van der Waals surface area (Å²) in [5, 5.41) is 4.73. The number of methoxy groups -OCH3 is 1. The molecule has 2 aliphatic heterocycles. The van der Waals surface area contributed by atoms with Crippen molar-refractivity contribution < 1.29 is 38.2 Å². The van der Waals surface area contributed by atoms with E-state index >= 15 is 0 Å². The molecular weight excluding hydrogens is 620 g/mol. The van der Waals surface area contributed by atoms with E-state index in [0.29, 0.717) is 35.3 Å². The topological polar surface area (TPSA) is 128 Å². The third-order valence-corrected chi connectivity index (χ3v) is 9.91. The van der Waals surface area contributed by atoms with Crippen LogP contribution in [0, 0.1) is 25.7 Å². The first kappa shape index (κ1) is 33.9. The zero-order valence-corrected chi connectivity index (χ0v) is 27.6. The van der Waals surface area contributed by atoms with Crippen molar-refractivity contribution in [2.75, 3.05) is 26.0 Å². The predicted octanol–water partition coefficient (Wildman–Crippen LogP) is 4.68. The third-order valence-electron chi connectivity index (χ3n) is 8.84. The van der Waals surface area contributed by atoms with Crippen molar-refractivity contribution in [3.05, 3.63) is 82.9 Å². The minimum atomic E-state index is -0.843. The molecule has 2 aliphatic rings. The lowest BCUT2D eigenvalue weighted by molar-refractivity contribution is -0.146. The molecule has 2 heterocycles. The van der Waals surface area contributed by atoms with Gasteiger partial charge in [0, 0.05) is 29.5 Å². The van der Waals surface area contributed by atoms with Crippen LogP contribution in [0.1, 0.15) is 45.2 Å². The summed E-state index contributed by atoms with van der Waals surface area (Å²) in [6.45, 7) is 5.39. The predicted molar refractivity (Wildman–Crippen MR) is 178 cm³/mol. The van der Waals surface area contributed by atoms with E-state index < -0.39 is 29.9 Å². The van der Waals surface area contributed by atoms with Crippen molar-refractivity contribution in [2.24, 2.45) is 11.8 Å². The van der Waals surface area contributed by atoms with E-state index in [0.717, 1.165) is 31.7 Å². The molecule has 1 N–H and O–H groups in total. The number of aldehydes is 1. The third kappa shape index (κ3) is 7.26. The number of nitrogens with one attached hydrogen (secondary N) is 1. The summed E-state index contributed by atoms with van der Waals surface area (Å²) in [6, 6.07) is 13.9. The van der Waals surface area contributed by atoms with Crippen LogP contribution in [-0.4, -0.2) is 79.6 Å². The first-order valence-corrected chi connectivity index (χ1v) is 16.4. The van der Waals surface area contributed by atoms with Gasteiger partial charge in [0.25, 0.3) is 0 Å². The van der Waals surface area contributed by atoms with Gasteiger partial charge in [0.05, 0.1) is 42.4 Å². The van der Waals surface area contributed by atoms with E-state index in [4.69, 9.17) is 14.2 Å². The molecule has 3 aromatic rings. The maximum absolute atomic E-state index is 13.7. The molecule has 1 fully saturated rings. The fourth-order valence-electron chi connectivity index (χ4n) is 6.15. The van der Waals surface area contributed by atoms with E-state index in [1.54, 1.807) is 25.1 Å². The van der Waals surface area contributed by atoms with Crippen molar-refractivity contribution in [3.8, 4) is 5.75 Å². The van der Waals surface area contributed by atoms with Gasteiger partial charge >= 0.3 is 5.97 Å². The van der Waals surface area contributed by atoms with Gasteiger partial charge in [-0.3, -0.25) is 24.1 Å². The quantitative estimate of drug-likeness (QED) is 0.114. The Bertz CT molecular complexity index is 1720. The molecule has 5 atom stereocenters. The molecule has 2 bridgehead atoms. The number of nitrogens with zero attached hydrogens (tertiary/aromatic N) is 1. The second kappa shape index (κ2) is 15.0. The number of hydrogen-bond donors (Lipinski definition) is 1. The summed E-state index contributed by atoms with van der Waals surface area (Å²) in [5.41, 5.74) is 2.40. The Hall–Kier alpha value is -4.48. The molecule has 0 aliphatic carbocycles. The molecule has 3 amide bonds. The normalized spacial score (nSPS) is 20.1. The monoisotopic (exact) mass is 658 g/mol. The Balaban J connectivity index is 1.26. The summed E-state index contributed by atoms with van der Waals surface area (Å²) in [4.78, 5) is 65.2.